The van der Waals surface area contributed by atoms with Gasteiger partial charge in [0.05, 0.1) is 0 Å². The minimum atomic E-state index is -0.823. The summed E-state index contributed by atoms with van der Waals surface area (Å²) in [5, 5.41) is 0. The van der Waals surface area contributed by atoms with E-state index in [0.29, 0.717) is 19.3 Å². The molecule has 0 heterocycles. The quantitative estimate of drug-likeness (QED) is 0.0261. The van der Waals surface area contributed by atoms with E-state index in [1.165, 1.54) is 32.1 Å². The van der Waals surface area contributed by atoms with Crippen LogP contribution < -0.4 is 0 Å². The number of allylic oxidation sites excluding steroid dienone is 30. The maximum Gasteiger partial charge on any atom is 0.306 e. The van der Waals surface area contributed by atoms with E-state index in [-0.39, 0.29) is 37.5 Å². The van der Waals surface area contributed by atoms with E-state index in [4.69, 9.17) is 14.2 Å². The van der Waals surface area contributed by atoms with Gasteiger partial charge >= 0.3 is 17.9 Å². The third-order valence-electron chi connectivity index (χ3n) is 12.6. The second-order valence-corrected chi connectivity index (χ2v) is 20.2. The zero-order chi connectivity index (χ0) is 57.8. The van der Waals surface area contributed by atoms with Crippen LogP contribution in [0.2, 0.25) is 0 Å². The third-order valence-corrected chi connectivity index (χ3v) is 12.6. The van der Waals surface area contributed by atoms with Crippen LogP contribution in [0.1, 0.15) is 245 Å². The van der Waals surface area contributed by atoms with Gasteiger partial charge in [-0.25, -0.2) is 0 Å². The van der Waals surface area contributed by atoms with Crippen LogP contribution in [0, 0.1) is 0 Å². The summed E-state index contributed by atoms with van der Waals surface area (Å²) in [7, 11) is 0. The number of ether oxygens (including phenoxy) is 3. The number of esters is 3. The van der Waals surface area contributed by atoms with Crippen molar-refractivity contribution in [2.75, 3.05) is 13.2 Å². The van der Waals surface area contributed by atoms with Crippen LogP contribution in [-0.4, -0.2) is 37.2 Å². The second kappa shape index (κ2) is 66.0. The Labute approximate surface area is 491 Å². The summed E-state index contributed by atoms with van der Waals surface area (Å²) >= 11 is 0. The van der Waals surface area contributed by atoms with E-state index in [1.54, 1.807) is 0 Å². The molecule has 0 aliphatic rings. The van der Waals surface area contributed by atoms with Crippen molar-refractivity contribution in [3.8, 4) is 0 Å². The molecule has 0 saturated carbocycles. The minimum absolute atomic E-state index is 0.115. The molecule has 446 valence electrons. The summed E-state index contributed by atoms with van der Waals surface area (Å²) in [6, 6.07) is 0. The van der Waals surface area contributed by atoms with Crippen molar-refractivity contribution in [1.29, 1.82) is 0 Å². The van der Waals surface area contributed by atoms with Crippen molar-refractivity contribution in [1.82, 2.24) is 0 Å². The molecule has 0 amide bonds. The first-order valence-corrected chi connectivity index (χ1v) is 31.8. The lowest BCUT2D eigenvalue weighted by Crippen LogP contribution is -2.30. The molecule has 0 N–H and O–H groups in total. The summed E-state index contributed by atoms with van der Waals surface area (Å²) in [6.45, 7) is 6.30. The topological polar surface area (TPSA) is 78.9 Å². The predicted molar refractivity (Wildman–Crippen MR) is 348 cm³/mol. The highest BCUT2D eigenvalue weighted by Crippen LogP contribution is 2.12. The van der Waals surface area contributed by atoms with Crippen molar-refractivity contribution in [3.05, 3.63) is 182 Å². The monoisotopic (exact) mass is 1100 g/mol. The fourth-order valence-corrected chi connectivity index (χ4v) is 7.92. The molecule has 0 rings (SSSR count). The van der Waals surface area contributed by atoms with Gasteiger partial charge < -0.3 is 14.2 Å². The first kappa shape index (κ1) is 74.5. The Morgan fingerprint density at radius 3 is 0.800 bits per heavy atom. The number of unbranched alkanes of at least 4 members (excludes halogenated alkanes) is 14. The standard InChI is InChI=1S/C74H114O6/c1-4-7-10-13-16-19-22-25-27-28-29-30-31-32-33-34-35-36-37-38-39-40-41-42-43-44-45-46-48-49-52-55-58-61-64-67-73(76)79-70-71(69-78-72(75)66-63-60-57-54-51-24-21-18-15-12-9-6-3)80-74(77)68-65-62-59-56-53-50-47-26-23-20-17-14-11-8-5-2/h7-8,10-11,16-21,25-27,29-30,32-33,35-36,38-39,41-42,44-45,47-49,53,56,71H,4-6,9,12-15,22-24,28,31,34,37,40,43,46,50-52,54-55,57-70H2,1-3H3/b10-7-,11-8-,19-16-,20-17-,21-18-,27-25-,30-29-,33-32-,36-35-,39-38-,42-41-,45-44-,47-26-,49-48-,56-53-. The molecule has 0 aliphatic heterocycles. The Balaban J connectivity index is 4.36. The molecular weight excluding hydrogens is 985 g/mol. The van der Waals surface area contributed by atoms with E-state index in [9.17, 15) is 14.4 Å². The van der Waals surface area contributed by atoms with Gasteiger partial charge in [0.2, 0.25) is 0 Å². The Kier molecular flexibility index (Phi) is 61.5. The number of carbonyl (C=O) groups is 3. The predicted octanol–water partition coefficient (Wildman–Crippen LogP) is 22.0. The molecule has 0 bridgehead atoms. The van der Waals surface area contributed by atoms with Gasteiger partial charge in [0.15, 0.2) is 6.10 Å². The Hall–Kier alpha value is -5.49. The first-order valence-electron chi connectivity index (χ1n) is 31.8. The zero-order valence-electron chi connectivity index (χ0n) is 51.0. The molecule has 0 saturated heterocycles. The number of rotatable bonds is 55. The largest absolute Gasteiger partial charge is 0.462 e. The fourth-order valence-electron chi connectivity index (χ4n) is 7.92. The van der Waals surface area contributed by atoms with Gasteiger partial charge in [0, 0.05) is 19.3 Å². The summed E-state index contributed by atoms with van der Waals surface area (Å²) in [5.41, 5.74) is 0. The SMILES string of the molecule is CC/C=C\C/C=C\C/C=C\C/C=C\C/C=C\C/C=C\C/C=C\C/C=C\C/C=C\C/C=C\CCCCCCC(=O)OCC(COC(=O)CCCCCCC/C=C\CCCCC)OC(=O)CCCC/C=C\C/C=C\C/C=C\C/C=C\CC. The molecule has 6 heteroatoms. The van der Waals surface area contributed by atoms with Gasteiger partial charge in [0.25, 0.3) is 0 Å². The summed E-state index contributed by atoms with van der Waals surface area (Å²) < 4.78 is 16.8. The maximum atomic E-state index is 12.8. The molecular formula is C74H114O6. The van der Waals surface area contributed by atoms with E-state index in [2.05, 4.69) is 203 Å². The highest BCUT2D eigenvalue weighted by atomic mass is 16.6. The average Bonchev–Trinajstić information content (AvgIpc) is 3.46. The van der Waals surface area contributed by atoms with E-state index in [1.807, 2.05) is 0 Å². The maximum absolute atomic E-state index is 12.8. The molecule has 0 spiro atoms. The van der Waals surface area contributed by atoms with Crippen LogP contribution in [0.15, 0.2) is 182 Å². The molecule has 0 aromatic rings. The highest BCUT2D eigenvalue weighted by molar-refractivity contribution is 5.71. The molecule has 6 nitrogen and oxygen atoms in total. The molecule has 0 radical (unpaired) electrons. The highest BCUT2D eigenvalue weighted by Gasteiger charge is 2.19. The Bertz CT molecular complexity index is 1890. The van der Waals surface area contributed by atoms with Crippen LogP contribution in [0.3, 0.4) is 0 Å². The number of carbonyl (C=O) groups excluding carboxylic acids is 3. The van der Waals surface area contributed by atoms with Gasteiger partial charge in [0.1, 0.15) is 13.2 Å². The van der Waals surface area contributed by atoms with Crippen LogP contribution in [-0.2, 0) is 28.6 Å². The first-order chi connectivity index (χ1) is 39.5. The second-order valence-electron chi connectivity index (χ2n) is 20.2. The van der Waals surface area contributed by atoms with Gasteiger partial charge in [-0.2, -0.15) is 0 Å². The lowest BCUT2D eigenvalue weighted by atomic mass is 10.1. The lowest BCUT2D eigenvalue weighted by molar-refractivity contribution is -0.167. The molecule has 0 aromatic heterocycles. The van der Waals surface area contributed by atoms with Crippen LogP contribution >= 0.6 is 0 Å². The van der Waals surface area contributed by atoms with Crippen molar-refractivity contribution in [3.63, 3.8) is 0 Å². The average molecular weight is 1100 g/mol. The number of hydrogen-bond acceptors (Lipinski definition) is 6. The summed E-state index contributed by atoms with van der Waals surface area (Å²) in [6.07, 6.45) is 99.1. The normalized spacial score (nSPS) is 13.4. The molecule has 0 aromatic carbocycles. The Morgan fingerprint density at radius 2 is 0.487 bits per heavy atom. The van der Waals surface area contributed by atoms with Gasteiger partial charge in [-0.3, -0.25) is 14.4 Å². The van der Waals surface area contributed by atoms with Crippen LogP contribution in [0.4, 0.5) is 0 Å². The molecule has 0 fully saturated rings. The smallest absolute Gasteiger partial charge is 0.306 e. The van der Waals surface area contributed by atoms with Crippen molar-refractivity contribution in [2.24, 2.45) is 0 Å². The summed E-state index contributed by atoms with van der Waals surface area (Å²) in [4.78, 5) is 38.2. The Morgan fingerprint density at radius 1 is 0.263 bits per heavy atom. The fraction of sp³-hybridized carbons (Fsp3) is 0.554. The van der Waals surface area contributed by atoms with Crippen molar-refractivity contribution in [2.45, 2.75) is 252 Å². The molecule has 80 heavy (non-hydrogen) atoms. The van der Waals surface area contributed by atoms with Gasteiger partial charge in [-0.05, 0) is 161 Å². The van der Waals surface area contributed by atoms with E-state index < -0.39 is 6.10 Å². The van der Waals surface area contributed by atoms with E-state index >= 15 is 0 Å². The zero-order valence-corrected chi connectivity index (χ0v) is 51.0. The number of hydrogen-bond donors (Lipinski definition) is 0. The minimum Gasteiger partial charge on any atom is -0.462 e. The summed E-state index contributed by atoms with van der Waals surface area (Å²) in [5.74, 6) is -1.00. The van der Waals surface area contributed by atoms with E-state index in [0.717, 1.165) is 167 Å². The molecule has 1 atom stereocenters. The van der Waals surface area contributed by atoms with Crippen molar-refractivity contribution < 1.29 is 28.6 Å². The van der Waals surface area contributed by atoms with Crippen LogP contribution in [0.5, 0.6) is 0 Å². The van der Waals surface area contributed by atoms with Crippen LogP contribution in [0.25, 0.3) is 0 Å². The van der Waals surface area contributed by atoms with Crippen molar-refractivity contribution >= 4 is 17.9 Å². The lowest BCUT2D eigenvalue weighted by Gasteiger charge is -2.18. The molecule has 0 aliphatic carbocycles. The molecule has 1 unspecified atom stereocenters. The van der Waals surface area contributed by atoms with Gasteiger partial charge in [-0.1, -0.05) is 248 Å². The van der Waals surface area contributed by atoms with Gasteiger partial charge in [-0.15, -0.1) is 0 Å². The third kappa shape index (κ3) is 63.3.